The molecular formula is C9H9ClN3O2. The molecule has 1 radical (unpaired) electrons. The summed E-state index contributed by atoms with van der Waals surface area (Å²) in [5, 5.41) is 9.52. The molecule has 1 N–H and O–H groups in total. The Morgan fingerprint density at radius 2 is 2.40 bits per heavy atom. The molecular weight excluding hydrogens is 218 g/mol. The van der Waals surface area contributed by atoms with Crippen molar-refractivity contribution in [2.45, 2.75) is 18.9 Å². The summed E-state index contributed by atoms with van der Waals surface area (Å²) in [6.07, 6.45) is 2.23. The Hall–Kier alpha value is -1.36. The van der Waals surface area contributed by atoms with Crippen LogP contribution < -0.4 is 4.90 Å². The number of carbonyl (C=O) groups is 1. The molecule has 0 aromatic carbocycles. The predicted molar refractivity (Wildman–Crippen MR) is 54.6 cm³/mol. The maximum atomic E-state index is 11.5. The molecule has 1 amide bonds. The quantitative estimate of drug-likeness (QED) is 0.730. The first-order chi connectivity index (χ1) is 7.09. The maximum Gasteiger partial charge on any atom is 0.228 e. The van der Waals surface area contributed by atoms with Gasteiger partial charge in [0.25, 0.3) is 0 Å². The molecule has 1 unspecified atom stereocenters. The molecule has 0 aliphatic carbocycles. The predicted octanol–water partition coefficient (Wildman–Crippen LogP) is 1.17. The van der Waals surface area contributed by atoms with Gasteiger partial charge >= 0.3 is 0 Å². The number of rotatable bonds is 1. The monoisotopic (exact) mass is 226 g/mol. The number of anilines is 1. The average molecular weight is 227 g/mol. The molecule has 0 saturated carbocycles. The van der Waals surface area contributed by atoms with Gasteiger partial charge in [-0.2, -0.15) is 4.98 Å². The van der Waals surface area contributed by atoms with Crippen LogP contribution in [0.2, 0.25) is 5.28 Å². The van der Waals surface area contributed by atoms with Crippen LogP contribution in [-0.4, -0.2) is 27.0 Å². The minimum Gasteiger partial charge on any atom is -0.503 e. The highest BCUT2D eigenvalue weighted by Gasteiger charge is 2.31. The van der Waals surface area contributed by atoms with Crippen LogP contribution in [0, 0.1) is 6.92 Å². The van der Waals surface area contributed by atoms with E-state index in [1.165, 1.54) is 11.1 Å². The minimum absolute atomic E-state index is 0.00491. The lowest BCUT2D eigenvalue weighted by Gasteiger charge is -2.20. The summed E-state index contributed by atoms with van der Waals surface area (Å²) in [4.78, 5) is 20.3. The third kappa shape index (κ3) is 1.74. The summed E-state index contributed by atoms with van der Waals surface area (Å²) in [5.74, 6) is -0.138. The molecule has 6 heteroatoms. The van der Waals surface area contributed by atoms with Gasteiger partial charge in [-0.05, 0) is 24.9 Å². The Labute approximate surface area is 91.7 Å². The van der Waals surface area contributed by atoms with E-state index in [-0.39, 0.29) is 28.8 Å². The maximum absolute atomic E-state index is 11.5. The first-order valence-electron chi connectivity index (χ1n) is 4.46. The van der Waals surface area contributed by atoms with Crippen molar-refractivity contribution in [2.24, 2.45) is 0 Å². The molecule has 5 nitrogen and oxygen atoms in total. The first-order valence-corrected chi connectivity index (χ1v) is 4.84. The summed E-state index contributed by atoms with van der Waals surface area (Å²) in [5.41, 5.74) is 0. The molecule has 2 rings (SSSR count). The van der Waals surface area contributed by atoms with Gasteiger partial charge < -0.3 is 5.11 Å². The first kappa shape index (κ1) is 10.2. The van der Waals surface area contributed by atoms with E-state index in [4.69, 9.17) is 11.6 Å². The van der Waals surface area contributed by atoms with Crippen LogP contribution in [0.4, 0.5) is 5.82 Å². The zero-order valence-electron chi connectivity index (χ0n) is 7.85. The molecule has 1 atom stereocenters. The van der Waals surface area contributed by atoms with Gasteiger partial charge in [-0.15, -0.1) is 0 Å². The zero-order chi connectivity index (χ0) is 11.0. The van der Waals surface area contributed by atoms with Crippen molar-refractivity contribution in [3.05, 3.63) is 18.4 Å². The lowest BCUT2D eigenvalue weighted by atomic mass is 10.2. The largest absolute Gasteiger partial charge is 0.503 e. The average Bonchev–Trinajstić information content (AvgIpc) is 2.51. The molecule has 2 heterocycles. The van der Waals surface area contributed by atoms with E-state index in [0.29, 0.717) is 12.8 Å². The van der Waals surface area contributed by atoms with Crippen molar-refractivity contribution in [3.63, 3.8) is 0 Å². The van der Waals surface area contributed by atoms with Crippen LogP contribution in [0.25, 0.3) is 0 Å². The molecule has 1 aliphatic heterocycles. The fraction of sp³-hybridized carbons (Fsp3) is 0.333. The number of carbonyl (C=O) groups excluding carboxylic acids is 1. The molecule has 1 fully saturated rings. The Morgan fingerprint density at radius 1 is 1.67 bits per heavy atom. The summed E-state index contributed by atoms with van der Waals surface area (Å²) < 4.78 is 0. The highest BCUT2D eigenvalue weighted by Crippen LogP contribution is 2.31. The third-order valence-electron chi connectivity index (χ3n) is 2.27. The molecule has 1 aromatic heterocycles. The second-order valence-corrected chi connectivity index (χ2v) is 3.64. The second kappa shape index (κ2) is 3.66. The Kier molecular flexibility index (Phi) is 2.48. The third-order valence-corrected chi connectivity index (χ3v) is 2.46. The van der Waals surface area contributed by atoms with Crippen molar-refractivity contribution in [1.82, 2.24) is 9.97 Å². The topological polar surface area (TPSA) is 66.3 Å². The van der Waals surface area contributed by atoms with Gasteiger partial charge in [-0.25, -0.2) is 4.98 Å². The smallest absolute Gasteiger partial charge is 0.228 e. The highest BCUT2D eigenvalue weighted by molar-refractivity contribution is 6.28. The van der Waals surface area contributed by atoms with Crippen LogP contribution in [0.3, 0.4) is 0 Å². The van der Waals surface area contributed by atoms with Crippen LogP contribution in [0.1, 0.15) is 12.8 Å². The van der Waals surface area contributed by atoms with E-state index in [1.807, 2.05) is 0 Å². The highest BCUT2D eigenvalue weighted by atomic mass is 35.5. The molecule has 0 bridgehead atoms. The number of nitrogens with zero attached hydrogens (tertiary/aromatic N) is 3. The molecule has 15 heavy (non-hydrogen) atoms. The number of hydrogen-bond donors (Lipinski definition) is 1. The molecule has 1 saturated heterocycles. The number of aromatic hydroxyl groups is 1. The number of aromatic nitrogens is 2. The van der Waals surface area contributed by atoms with Crippen molar-refractivity contribution in [2.75, 3.05) is 4.90 Å². The zero-order valence-corrected chi connectivity index (χ0v) is 8.61. The van der Waals surface area contributed by atoms with E-state index < -0.39 is 0 Å². The van der Waals surface area contributed by atoms with E-state index >= 15 is 0 Å². The summed E-state index contributed by atoms with van der Waals surface area (Å²) >= 11 is 5.60. The second-order valence-electron chi connectivity index (χ2n) is 3.30. The lowest BCUT2D eigenvalue weighted by molar-refractivity contribution is -0.117. The Morgan fingerprint density at radius 3 is 3.00 bits per heavy atom. The minimum atomic E-state index is -0.214. The van der Waals surface area contributed by atoms with Crippen molar-refractivity contribution < 1.29 is 9.90 Å². The van der Waals surface area contributed by atoms with Gasteiger partial charge in [0.1, 0.15) is 0 Å². The van der Waals surface area contributed by atoms with E-state index in [2.05, 4.69) is 16.9 Å². The molecule has 1 aromatic rings. The Balaban J connectivity index is 2.44. The van der Waals surface area contributed by atoms with E-state index in [0.717, 1.165) is 0 Å². The molecule has 79 valence electrons. The molecule has 0 spiro atoms. The normalized spacial score (nSPS) is 21.1. The lowest BCUT2D eigenvalue weighted by Crippen LogP contribution is -2.31. The number of hydrogen-bond acceptors (Lipinski definition) is 4. The molecule has 1 aliphatic rings. The van der Waals surface area contributed by atoms with Crippen molar-refractivity contribution in [1.29, 1.82) is 0 Å². The van der Waals surface area contributed by atoms with Crippen LogP contribution in [0.5, 0.6) is 5.75 Å². The SMILES string of the molecule is [CH2]C1CCC(=O)N1c1nc(Cl)ncc1O. The fourth-order valence-corrected chi connectivity index (χ4v) is 1.69. The Bertz CT molecular complexity index is 410. The van der Waals surface area contributed by atoms with Crippen molar-refractivity contribution >= 4 is 23.3 Å². The van der Waals surface area contributed by atoms with E-state index in [9.17, 15) is 9.90 Å². The van der Waals surface area contributed by atoms with Crippen LogP contribution in [0.15, 0.2) is 6.20 Å². The fourth-order valence-electron chi connectivity index (χ4n) is 1.56. The van der Waals surface area contributed by atoms with Gasteiger partial charge in [0.2, 0.25) is 11.2 Å². The van der Waals surface area contributed by atoms with Crippen molar-refractivity contribution in [3.8, 4) is 5.75 Å². The van der Waals surface area contributed by atoms with Gasteiger partial charge in [-0.1, -0.05) is 0 Å². The number of halogens is 1. The van der Waals surface area contributed by atoms with Gasteiger partial charge in [0, 0.05) is 12.5 Å². The van der Waals surface area contributed by atoms with Crippen LogP contribution >= 0.6 is 11.6 Å². The van der Waals surface area contributed by atoms with E-state index in [1.54, 1.807) is 0 Å². The summed E-state index contributed by atoms with van der Waals surface area (Å²) in [6.45, 7) is 3.81. The van der Waals surface area contributed by atoms with Gasteiger partial charge in [-0.3, -0.25) is 9.69 Å². The van der Waals surface area contributed by atoms with Gasteiger partial charge in [0.05, 0.1) is 6.20 Å². The summed E-state index contributed by atoms with van der Waals surface area (Å²) in [6, 6.07) is -0.214. The van der Waals surface area contributed by atoms with Crippen LogP contribution in [-0.2, 0) is 4.79 Å². The summed E-state index contributed by atoms with van der Waals surface area (Å²) in [7, 11) is 0. The van der Waals surface area contributed by atoms with Gasteiger partial charge in [0.15, 0.2) is 11.6 Å². The number of amides is 1. The standard InChI is InChI=1S/C9H9ClN3O2/c1-5-2-3-7(15)13(5)8-6(14)4-11-9(10)12-8/h4-5,14H,1-3H2.